The van der Waals surface area contributed by atoms with Gasteiger partial charge in [-0.2, -0.15) is 0 Å². The average molecular weight is 355 g/mol. The number of rotatable bonds is 4. The van der Waals surface area contributed by atoms with E-state index in [1.165, 1.54) is 12.1 Å². The van der Waals surface area contributed by atoms with Crippen LogP contribution in [0.2, 0.25) is 0 Å². The molecule has 2 aromatic rings. The molecule has 0 saturated heterocycles. The van der Waals surface area contributed by atoms with E-state index in [1.54, 1.807) is 19.1 Å². The molecule has 4 nitrogen and oxygen atoms in total. The van der Waals surface area contributed by atoms with Crippen LogP contribution in [-0.4, -0.2) is 8.42 Å². The van der Waals surface area contributed by atoms with Crippen LogP contribution in [0.3, 0.4) is 0 Å². The molecule has 106 valence electrons. The summed E-state index contributed by atoms with van der Waals surface area (Å²) in [6.45, 7) is 1.80. The smallest absolute Gasteiger partial charge is 0.241 e. The van der Waals surface area contributed by atoms with Gasteiger partial charge in [0.15, 0.2) is 0 Å². The van der Waals surface area contributed by atoms with Gasteiger partial charge in [0.25, 0.3) is 0 Å². The van der Waals surface area contributed by atoms with E-state index >= 15 is 0 Å². The fourth-order valence-corrected chi connectivity index (χ4v) is 3.35. The number of hydrogen-bond donors (Lipinski definition) is 2. The van der Waals surface area contributed by atoms with Crippen molar-refractivity contribution in [2.75, 3.05) is 5.73 Å². The number of halogens is 1. The first-order chi connectivity index (χ1) is 9.38. The highest BCUT2D eigenvalue weighted by atomic mass is 79.9. The summed E-state index contributed by atoms with van der Waals surface area (Å²) < 4.78 is 28.1. The Kier molecular flexibility index (Phi) is 4.47. The van der Waals surface area contributed by atoms with E-state index < -0.39 is 10.0 Å². The molecule has 0 amide bonds. The van der Waals surface area contributed by atoms with Crippen LogP contribution in [-0.2, 0) is 10.0 Å². The number of sulfonamides is 1. The number of benzene rings is 2. The van der Waals surface area contributed by atoms with E-state index in [0.717, 1.165) is 10.0 Å². The van der Waals surface area contributed by atoms with Gasteiger partial charge in [-0.1, -0.05) is 34.1 Å². The van der Waals surface area contributed by atoms with Gasteiger partial charge in [-0.05, 0) is 42.8 Å². The van der Waals surface area contributed by atoms with E-state index in [9.17, 15) is 8.42 Å². The maximum absolute atomic E-state index is 12.3. The molecule has 0 aliphatic carbocycles. The summed E-state index contributed by atoms with van der Waals surface area (Å²) in [5, 5.41) is 0. The molecule has 0 bridgehead atoms. The summed E-state index contributed by atoms with van der Waals surface area (Å²) in [5.41, 5.74) is 6.93. The molecule has 2 rings (SSSR count). The van der Waals surface area contributed by atoms with Crippen LogP contribution >= 0.6 is 15.9 Å². The lowest BCUT2D eigenvalue weighted by Gasteiger charge is -2.15. The minimum Gasteiger partial charge on any atom is -0.399 e. The fourth-order valence-electron chi connectivity index (χ4n) is 1.80. The Morgan fingerprint density at radius 2 is 1.80 bits per heavy atom. The summed E-state index contributed by atoms with van der Waals surface area (Å²) in [7, 11) is -3.58. The molecule has 0 fully saturated rings. The van der Waals surface area contributed by atoms with Crippen LogP contribution < -0.4 is 10.5 Å². The van der Waals surface area contributed by atoms with Crippen LogP contribution in [0.15, 0.2) is 57.9 Å². The van der Waals surface area contributed by atoms with Gasteiger partial charge in [0, 0.05) is 16.2 Å². The van der Waals surface area contributed by atoms with Gasteiger partial charge < -0.3 is 5.73 Å². The van der Waals surface area contributed by atoms with Gasteiger partial charge in [0.05, 0.1) is 4.90 Å². The predicted molar refractivity (Wildman–Crippen MR) is 83.7 cm³/mol. The van der Waals surface area contributed by atoms with Crippen molar-refractivity contribution < 1.29 is 8.42 Å². The minimum absolute atomic E-state index is 0.168. The number of hydrogen-bond acceptors (Lipinski definition) is 3. The molecule has 0 heterocycles. The molecule has 20 heavy (non-hydrogen) atoms. The first-order valence-corrected chi connectivity index (χ1v) is 8.29. The van der Waals surface area contributed by atoms with Crippen LogP contribution in [0.1, 0.15) is 18.5 Å². The summed E-state index contributed by atoms with van der Waals surface area (Å²) in [6.07, 6.45) is 0. The van der Waals surface area contributed by atoms with Gasteiger partial charge in [-0.25, -0.2) is 13.1 Å². The van der Waals surface area contributed by atoms with Gasteiger partial charge in [0.1, 0.15) is 0 Å². The minimum atomic E-state index is -3.58. The largest absolute Gasteiger partial charge is 0.399 e. The van der Waals surface area contributed by atoms with Crippen molar-refractivity contribution in [2.45, 2.75) is 17.9 Å². The van der Waals surface area contributed by atoms with Gasteiger partial charge in [-0.3, -0.25) is 0 Å². The van der Waals surface area contributed by atoms with Crippen LogP contribution in [0, 0.1) is 0 Å². The third kappa shape index (κ3) is 3.59. The van der Waals surface area contributed by atoms with Crippen molar-refractivity contribution in [1.29, 1.82) is 0 Å². The monoisotopic (exact) mass is 354 g/mol. The second kappa shape index (κ2) is 5.95. The van der Waals surface area contributed by atoms with Gasteiger partial charge >= 0.3 is 0 Å². The topological polar surface area (TPSA) is 72.2 Å². The number of anilines is 1. The van der Waals surface area contributed by atoms with Crippen LogP contribution in [0.4, 0.5) is 5.69 Å². The Labute approximate surface area is 127 Å². The standard InChI is InChI=1S/C14H15BrN2O2S/c1-10(11-5-7-12(15)8-6-11)17-20(18,19)14-4-2-3-13(16)9-14/h2-10,17H,16H2,1H3/t10-/m0/s1. The Morgan fingerprint density at radius 3 is 2.40 bits per heavy atom. The highest BCUT2D eigenvalue weighted by Gasteiger charge is 2.18. The first-order valence-electron chi connectivity index (χ1n) is 6.02. The summed E-state index contributed by atoms with van der Waals surface area (Å²) in [4.78, 5) is 0.168. The maximum Gasteiger partial charge on any atom is 0.241 e. The Morgan fingerprint density at radius 1 is 1.15 bits per heavy atom. The van der Waals surface area contributed by atoms with E-state index in [-0.39, 0.29) is 10.9 Å². The summed E-state index contributed by atoms with van der Waals surface area (Å²) >= 11 is 3.35. The quantitative estimate of drug-likeness (QED) is 0.828. The van der Waals surface area contributed by atoms with Crippen molar-refractivity contribution in [3.8, 4) is 0 Å². The first kappa shape index (κ1) is 15.0. The third-order valence-electron chi connectivity index (χ3n) is 2.87. The van der Waals surface area contributed by atoms with E-state index in [2.05, 4.69) is 20.7 Å². The molecule has 0 spiro atoms. The molecule has 0 radical (unpaired) electrons. The molecule has 6 heteroatoms. The lowest BCUT2D eigenvalue weighted by molar-refractivity contribution is 0.567. The zero-order valence-corrected chi connectivity index (χ0v) is 13.3. The van der Waals surface area contributed by atoms with E-state index in [1.807, 2.05) is 24.3 Å². The molecule has 0 saturated carbocycles. The number of nitrogen functional groups attached to an aromatic ring is 1. The van der Waals surface area contributed by atoms with Crippen molar-refractivity contribution in [3.05, 3.63) is 58.6 Å². The van der Waals surface area contributed by atoms with Gasteiger partial charge in [-0.15, -0.1) is 0 Å². The molecule has 0 unspecified atom stereocenters. The highest BCUT2D eigenvalue weighted by Crippen LogP contribution is 2.20. The van der Waals surface area contributed by atoms with Crippen LogP contribution in [0.5, 0.6) is 0 Å². The Hall–Kier alpha value is -1.37. The summed E-state index contributed by atoms with van der Waals surface area (Å²) in [6, 6.07) is 13.4. The van der Waals surface area contributed by atoms with Crippen molar-refractivity contribution in [3.63, 3.8) is 0 Å². The van der Waals surface area contributed by atoms with Crippen molar-refractivity contribution >= 4 is 31.6 Å². The Balaban J connectivity index is 2.22. The predicted octanol–water partition coefficient (Wildman–Crippen LogP) is 3.07. The van der Waals surface area contributed by atoms with Crippen LogP contribution in [0.25, 0.3) is 0 Å². The second-order valence-corrected chi connectivity index (χ2v) is 7.10. The normalized spacial score (nSPS) is 13.1. The number of nitrogens with two attached hydrogens (primary N) is 1. The maximum atomic E-state index is 12.3. The van der Waals surface area contributed by atoms with E-state index in [4.69, 9.17) is 5.73 Å². The number of nitrogens with one attached hydrogen (secondary N) is 1. The molecule has 2 aromatic carbocycles. The zero-order valence-electron chi connectivity index (χ0n) is 10.9. The van der Waals surface area contributed by atoms with Crippen molar-refractivity contribution in [2.24, 2.45) is 0 Å². The van der Waals surface area contributed by atoms with Crippen molar-refractivity contribution in [1.82, 2.24) is 4.72 Å². The molecule has 1 atom stereocenters. The third-order valence-corrected chi connectivity index (χ3v) is 4.94. The summed E-state index contributed by atoms with van der Waals surface area (Å²) in [5.74, 6) is 0. The lowest BCUT2D eigenvalue weighted by Crippen LogP contribution is -2.26. The lowest BCUT2D eigenvalue weighted by atomic mass is 10.1. The molecule has 0 aromatic heterocycles. The molecular weight excluding hydrogens is 340 g/mol. The average Bonchev–Trinajstić information content (AvgIpc) is 2.39. The molecule has 0 aliphatic heterocycles. The SMILES string of the molecule is C[C@H](NS(=O)(=O)c1cccc(N)c1)c1ccc(Br)cc1. The molecule has 0 aliphatic rings. The zero-order chi connectivity index (χ0) is 14.8. The van der Waals surface area contributed by atoms with Gasteiger partial charge in [0.2, 0.25) is 10.0 Å². The van der Waals surface area contributed by atoms with E-state index in [0.29, 0.717) is 5.69 Å². The second-order valence-electron chi connectivity index (χ2n) is 4.47. The highest BCUT2D eigenvalue weighted by molar-refractivity contribution is 9.10. The fraction of sp³-hybridized carbons (Fsp3) is 0.143. The Bertz CT molecular complexity index is 699. The molecule has 3 N–H and O–H groups in total. The molecular formula is C14H15BrN2O2S.